The van der Waals surface area contributed by atoms with Gasteiger partial charge in [0.1, 0.15) is 0 Å². The van der Waals surface area contributed by atoms with Crippen molar-refractivity contribution in [1.82, 2.24) is 0 Å². The maximum atomic E-state index is 12.3. The highest BCUT2D eigenvalue weighted by Gasteiger charge is 2.10. The zero-order valence-electron chi connectivity index (χ0n) is 16.5. The molecule has 2 amide bonds. The predicted molar refractivity (Wildman–Crippen MR) is 120 cm³/mol. The highest BCUT2D eigenvalue weighted by molar-refractivity contribution is 8.00. The molecular weight excluding hydrogens is 434 g/mol. The van der Waals surface area contributed by atoms with Crippen LogP contribution in [0.5, 0.6) is 0 Å². The van der Waals surface area contributed by atoms with Crippen LogP contribution in [0.1, 0.15) is 20.7 Å². The number of nitrogens with one attached hydrogen (secondary N) is 2. The minimum atomic E-state index is -1.04. The van der Waals surface area contributed by atoms with Crippen molar-refractivity contribution in [2.45, 2.75) is 4.90 Å². The van der Waals surface area contributed by atoms with Gasteiger partial charge in [-0.05, 0) is 60.7 Å². The van der Waals surface area contributed by atoms with Gasteiger partial charge in [-0.15, -0.1) is 11.8 Å². The molecule has 0 spiro atoms. The predicted octanol–water partition coefficient (Wildman–Crippen LogP) is 4.28. The van der Waals surface area contributed by atoms with Gasteiger partial charge in [0.15, 0.2) is 0 Å². The van der Waals surface area contributed by atoms with Crippen LogP contribution in [0.2, 0.25) is 0 Å². The fourth-order valence-corrected chi connectivity index (χ4v) is 3.31. The molecule has 3 aromatic rings. The second-order valence-corrected chi connectivity index (χ2v) is 7.55. The number of hydrogen-bond donors (Lipinski definition) is 3. The summed E-state index contributed by atoms with van der Waals surface area (Å²) in [6, 6.07) is 18.0. The smallest absolute Gasteiger partial charge is 0.335 e. The number of aromatic carboxylic acids is 1. The van der Waals surface area contributed by atoms with Crippen LogP contribution in [0.4, 0.5) is 17.1 Å². The first kappa shape index (κ1) is 22.5. The Bertz CT molecular complexity index is 1150. The first-order valence-electron chi connectivity index (χ1n) is 9.24. The first-order chi connectivity index (χ1) is 15.3. The first-order valence-corrected chi connectivity index (χ1v) is 10.2. The Morgan fingerprint density at radius 1 is 0.812 bits per heavy atom. The number of nitro groups is 1. The molecule has 0 saturated heterocycles. The van der Waals surface area contributed by atoms with E-state index < -0.39 is 16.8 Å². The van der Waals surface area contributed by atoms with Crippen LogP contribution >= 0.6 is 11.8 Å². The molecule has 0 aliphatic carbocycles. The lowest BCUT2D eigenvalue weighted by Gasteiger charge is -2.08. The molecule has 3 aromatic carbocycles. The van der Waals surface area contributed by atoms with E-state index in [1.54, 1.807) is 24.3 Å². The number of anilines is 2. The molecule has 0 unspecified atom stereocenters. The molecule has 9 nitrogen and oxygen atoms in total. The summed E-state index contributed by atoms with van der Waals surface area (Å²) in [4.78, 5) is 46.2. The van der Waals surface area contributed by atoms with Gasteiger partial charge in [0.2, 0.25) is 5.91 Å². The molecule has 32 heavy (non-hydrogen) atoms. The normalized spacial score (nSPS) is 10.2. The summed E-state index contributed by atoms with van der Waals surface area (Å²) in [6.07, 6.45) is 0. The number of benzene rings is 3. The number of hydrogen-bond acceptors (Lipinski definition) is 6. The summed E-state index contributed by atoms with van der Waals surface area (Å²) < 4.78 is 0. The third-order valence-electron chi connectivity index (χ3n) is 4.24. The number of carboxylic acids is 1. The molecule has 0 fully saturated rings. The molecule has 0 atom stereocenters. The molecule has 162 valence electrons. The van der Waals surface area contributed by atoms with Gasteiger partial charge in [-0.1, -0.05) is 0 Å². The van der Waals surface area contributed by atoms with Crippen LogP contribution in [0, 0.1) is 10.1 Å². The molecule has 0 aliphatic heterocycles. The fraction of sp³-hybridized carbons (Fsp3) is 0.0455. The Kier molecular flexibility index (Phi) is 7.19. The van der Waals surface area contributed by atoms with Crippen molar-refractivity contribution >= 4 is 46.6 Å². The highest BCUT2D eigenvalue weighted by atomic mass is 32.2. The standard InChI is InChI=1S/C22H17N3O6S/c26-20(23-16-5-1-15(2-6-16)22(28)29)13-32-19-11-7-17(8-12-19)24-21(27)14-3-9-18(10-4-14)25(30)31/h1-12H,13H2,(H,23,26)(H,24,27)(H,28,29). The van der Waals surface area contributed by atoms with Gasteiger partial charge in [0, 0.05) is 34.0 Å². The van der Waals surface area contributed by atoms with Crippen molar-refractivity contribution in [3.8, 4) is 0 Å². The van der Waals surface area contributed by atoms with E-state index in [-0.39, 0.29) is 22.9 Å². The topological polar surface area (TPSA) is 139 Å². The van der Waals surface area contributed by atoms with E-state index in [0.29, 0.717) is 16.9 Å². The second-order valence-electron chi connectivity index (χ2n) is 6.50. The third kappa shape index (κ3) is 6.16. The average molecular weight is 451 g/mol. The number of nitrogens with zero attached hydrogens (tertiary/aromatic N) is 1. The molecule has 10 heteroatoms. The summed E-state index contributed by atoms with van der Waals surface area (Å²) >= 11 is 1.30. The molecule has 0 radical (unpaired) electrons. The lowest BCUT2D eigenvalue weighted by atomic mass is 10.2. The van der Waals surface area contributed by atoms with Crippen molar-refractivity contribution < 1.29 is 24.4 Å². The van der Waals surface area contributed by atoms with Crippen LogP contribution < -0.4 is 10.6 Å². The van der Waals surface area contributed by atoms with E-state index in [4.69, 9.17) is 5.11 Å². The number of carbonyl (C=O) groups excluding carboxylic acids is 2. The number of non-ortho nitro benzene ring substituents is 1. The number of amides is 2. The summed E-state index contributed by atoms with van der Waals surface area (Å²) in [5, 5.41) is 25.0. The zero-order valence-corrected chi connectivity index (χ0v) is 17.3. The summed E-state index contributed by atoms with van der Waals surface area (Å²) in [7, 11) is 0. The van der Waals surface area contributed by atoms with Gasteiger partial charge < -0.3 is 15.7 Å². The molecule has 3 N–H and O–H groups in total. The van der Waals surface area contributed by atoms with E-state index in [1.807, 2.05) is 0 Å². The average Bonchev–Trinajstić information content (AvgIpc) is 2.79. The number of carboxylic acid groups (broad SMARTS) is 1. The van der Waals surface area contributed by atoms with Crippen molar-refractivity contribution in [2.75, 3.05) is 16.4 Å². The van der Waals surface area contributed by atoms with Crippen molar-refractivity contribution in [2.24, 2.45) is 0 Å². The number of rotatable bonds is 8. The lowest BCUT2D eigenvalue weighted by Crippen LogP contribution is -2.14. The monoisotopic (exact) mass is 451 g/mol. The SMILES string of the molecule is O=C(CSc1ccc(NC(=O)c2ccc([N+](=O)[O-])cc2)cc1)Nc1ccc(C(=O)O)cc1. The Morgan fingerprint density at radius 2 is 1.34 bits per heavy atom. The Morgan fingerprint density at radius 3 is 1.91 bits per heavy atom. The van der Waals surface area contributed by atoms with E-state index in [9.17, 15) is 24.5 Å². The van der Waals surface area contributed by atoms with Gasteiger partial charge in [-0.2, -0.15) is 0 Å². The highest BCUT2D eigenvalue weighted by Crippen LogP contribution is 2.21. The maximum Gasteiger partial charge on any atom is 0.335 e. The van der Waals surface area contributed by atoms with E-state index in [1.165, 1.54) is 60.3 Å². The van der Waals surface area contributed by atoms with Crippen molar-refractivity contribution in [3.05, 3.63) is 94.0 Å². The van der Waals surface area contributed by atoms with Crippen LogP contribution in [0.15, 0.2) is 77.7 Å². The van der Waals surface area contributed by atoms with Crippen LogP contribution in [-0.2, 0) is 4.79 Å². The summed E-state index contributed by atoms with van der Waals surface area (Å²) in [5.74, 6) is -1.53. The van der Waals surface area contributed by atoms with E-state index in [0.717, 1.165) is 4.90 Å². The second kappa shape index (κ2) is 10.2. The molecule has 0 heterocycles. The van der Waals surface area contributed by atoms with Gasteiger partial charge in [-0.25, -0.2) is 4.79 Å². The fourth-order valence-electron chi connectivity index (χ4n) is 2.61. The van der Waals surface area contributed by atoms with Crippen LogP contribution in [-0.4, -0.2) is 33.6 Å². The zero-order chi connectivity index (χ0) is 23.1. The van der Waals surface area contributed by atoms with Crippen molar-refractivity contribution in [1.29, 1.82) is 0 Å². The molecule has 0 saturated carbocycles. The summed E-state index contributed by atoms with van der Waals surface area (Å²) in [5.41, 5.74) is 1.38. The minimum absolute atomic E-state index is 0.0933. The van der Waals surface area contributed by atoms with Gasteiger partial charge >= 0.3 is 5.97 Å². The largest absolute Gasteiger partial charge is 0.478 e. The Balaban J connectivity index is 1.49. The Hall–Kier alpha value is -4.18. The molecule has 0 bridgehead atoms. The van der Waals surface area contributed by atoms with Gasteiger partial charge in [0.05, 0.1) is 16.2 Å². The van der Waals surface area contributed by atoms with Gasteiger partial charge in [-0.3, -0.25) is 19.7 Å². The van der Waals surface area contributed by atoms with E-state index in [2.05, 4.69) is 10.6 Å². The maximum absolute atomic E-state index is 12.3. The number of nitro benzene ring substituents is 1. The lowest BCUT2D eigenvalue weighted by molar-refractivity contribution is -0.384. The summed E-state index contributed by atoms with van der Waals surface area (Å²) in [6.45, 7) is 0. The number of carbonyl (C=O) groups is 3. The molecule has 0 aromatic heterocycles. The Labute approximate surface area is 186 Å². The molecule has 0 aliphatic rings. The third-order valence-corrected chi connectivity index (χ3v) is 5.25. The van der Waals surface area contributed by atoms with Crippen molar-refractivity contribution in [3.63, 3.8) is 0 Å². The van der Waals surface area contributed by atoms with Crippen LogP contribution in [0.3, 0.4) is 0 Å². The molecule has 3 rings (SSSR count). The van der Waals surface area contributed by atoms with Crippen LogP contribution in [0.25, 0.3) is 0 Å². The van der Waals surface area contributed by atoms with E-state index >= 15 is 0 Å². The molecular formula is C22H17N3O6S. The minimum Gasteiger partial charge on any atom is -0.478 e. The van der Waals surface area contributed by atoms with Gasteiger partial charge in [0.25, 0.3) is 11.6 Å². The number of thioether (sulfide) groups is 1. The quantitative estimate of drug-likeness (QED) is 0.264.